The van der Waals surface area contributed by atoms with Crippen LogP contribution in [0.2, 0.25) is 0 Å². The highest BCUT2D eigenvalue weighted by atomic mass is 32.2. The molecule has 6 nitrogen and oxygen atoms in total. The van der Waals surface area contributed by atoms with E-state index < -0.39 is 0 Å². The molecule has 0 fully saturated rings. The lowest BCUT2D eigenvalue weighted by Gasteiger charge is -2.13. The molecule has 0 amide bonds. The van der Waals surface area contributed by atoms with Crippen LogP contribution in [0, 0.1) is 6.92 Å². The number of hydrogen-bond donors (Lipinski definition) is 0. The molecule has 0 saturated carbocycles. The summed E-state index contributed by atoms with van der Waals surface area (Å²) in [6.45, 7) is 4.61. The van der Waals surface area contributed by atoms with E-state index in [2.05, 4.69) is 32.3 Å². The summed E-state index contributed by atoms with van der Waals surface area (Å²) in [7, 11) is 3.13. The van der Waals surface area contributed by atoms with Crippen LogP contribution in [0.15, 0.2) is 40.9 Å². The van der Waals surface area contributed by atoms with Gasteiger partial charge in [0.05, 0.1) is 19.5 Å². The van der Waals surface area contributed by atoms with Crippen LogP contribution in [-0.2, 0) is 13.0 Å². The van der Waals surface area contributed by atoms with Crippen molar-refractivity contribution in [1.29, 1.82) is 0 Å². The van der Waals surface area contributed by atoms with Crippen molar-refractivity contribution < 1.29 is 14.3 Å². The number of ketones is 1. The summed E-state index contributed by atoms with van der Waals surface area (Å²) >= 11 is 3.17. The van der Waals surface area contributed by atoms with Crippen LogP contribution >= 0.6 is 23.1 Å². The van der Waals surface area contributed by atoms with Crippen LogP contribution in [-0.4, -0.2) is 40.0 Å². The van der Waals surface area contributed by atoms with Gasteiger partial charge in [-0.15, -0.1) is 21.5 Å². The normalized spacial score (nSPS) is 12.0. The van der Waals surface area contributed by atoms with E-state index in [0.29, 0.717) is 17.1 Å². The topological polar surface area (TPSA) is 66.2 Å². The molecule has 2 heterocycles. The number of carbonyl (C=O) groups excluding carboxylic acids is 1. The smallest absolute Gasteiger partial charge is 0.191 e. The fraction of sp³-hybridized carbons (Fsp3) is 0.350. The van der Waals surface area contributed by atoms with Gasteiger partial charge >= 0.3 is 0 Å². The Morgan fingerprint density at radius 1 is 1.21 bits per heavy atom. The molecule has 0 bridgehead atoms. The van der Waals surface area contributed by atoms with Gasteiger partial charge in [0.2, 0.25) is 0 Å². The van der Waals surface area contributed by atoms with Crippen LogP contribution in [0.25, 0.3) is 0 Å². The zero-order chi connectivity index (χ0) is 20.1. The summed E-state index contributed by atoms with van der Waals surface area (Å²) in [6, 6.07) is 9.40. The first kappa shape index (κ1) is 20.4. The van der Waals surface area contributed by atoms with Crippen molar-refractivity contribution >= 4 is 28.9 Å². The molecule has 1 aromatic carbocycles. The predicted octanol–water partition coefficient (Wildman–Crippen LogP) is 4.27. The standard InChI is InChI=1S/C20H23N3O3S2/c1-13(19(24)15-7-8-17(25-3)18(12-15)26-4)28-20-22-21-14(2)23(20)10-9-16-6-5-11-27-16/h5-8,11-13H,9-10H2,1-4H3. The van der Waals surface area contributed by atoms with Gasteiger partial charge in [-0.25, -0.2) is 0 Å². The van der Waals surface area contributed by atoms with Crippen molar-refractivity contribution in [3.63, 3.8) is 0 Å². The lowest BCUT2D eigenvalue weighted by atomic mass is 10.1. The van der Waals surface area contributed by atoms with Gasteiger partial charge in [-0.3, -0.25) is 4.79 Å². The number of nitrogens with zero attached hydrogens (tertiary/aromatic N) is 3. The molecule has 148 valence electrons. The highest BCUT2D eigenvalue weighted by molar-refractivity contribution is 8.00. The summed E-state index contributed by atoms with van der Waals surface area (Å²) in [5.74, 6) is 2.00. The van der Waals surface area contributed by atoms with Crippen LogP contribution in [0.1, 0.15) is 28.0 Å². The van der Waals surface area contributed by atoms with Gasteiger partial charge in [0.15, 0.2) is 22.4 Å². The van der Waals surface area contributed by atoms with E-state index in [1.54, 1.807) is 43.8 Å². The number of rotatable bonds is 9. The maximum atomic E-state index is 12.9. The third-order valence-corrected chi connectivity index (χ3v) is 6.40. The largest absolute Gasteiger partial charge is 0.493 e. The minimum absolute atomic E-state index is 0.0106. The van der Waals surface area contributed by atoms with Gasteiger partial charge in [-0.05, 0) is 49.9 Å². The Kier molecular flexibility index (Phi) is 6.74. The lowest BCUT2D eigenvalue weighted by Crippen LogP contribution is -2.15. The molecule has 0 N–H and O–H groups in total. The Balaban J connectivity index is 1.72. The average molecular weight is 418 g/mol. The average Bonchev–Trinajstić information content (AvgIpc) is 3.35. The van der Waals surface area contributed by atoms with E-state index in [9.17, 15) is 4.79 Å². The molecule has 0 aliphatic carbocycles. The monoisotopic (exact) mass is 417 g/mol. The molecule has 1 unspecified atom stereocenters. The number of methoxy groups -OCH3 is 2. The molecule has 8 heteroatoms. The predicted molar refractivity (Wildman–Crippen MR) is 112 cm³/mol. The minimum Gasteiger partial charge on any atom is -0.493 e. The first-order chi connectivity index (χ1) is 13.5. The second-order valence-corrected chi connectivity index (χ2v) is 8.55. The highest BCUT2D eigenvalue weighted by Gasteiger charge is 2.21. The maximum Gasteiger partial charge on any atom is 0.191 e. The fourth-order valence-corrected chi connectivity index (χ4v) is 4.51. The van der Waals surface area contributed by atoms with Crippen molar-refractivity contribution in [3.8, 4) is 11.5 Å². The first-order valence-corrected chi connectivity index (χ1v) is 10.6. The molecule has 1 atom stereocenters. The van der Waals surface area contributed by atoms with Crippen molar-refractivity contribution in [2.24, 2.45) is 0 Å². The number of Topliss-reactive ketones (excluding diaryl/α,β-unsaturated/α-hetero) is 1. The third kappa shape index (κ3) is 4.56. The van der Waals surface area contributed by atoms with Gasteiger partial charge in [-0.2, -0.15) is 0 Å². The molecule has 3 aromatic rings. The van der Waals surface area contributed by atoms with Crippen LogP contribution in [0.5, 0.6) is 11.5 Å². The van der Waals surface area contributed by atoms with Gasteiger partial charge in [0.1, 0.15) is 5.82 Å². The molecule has 28 heavy (non-hydrogen) atoms. The summed E-state index contributed by atoms with van der Waals surface area (Å²) in [5, 5.41) is 11.0. The second kappa shape index (κ2) is 9.25. The Morgan fingerprint density at radius 2 is 2.00 bits per heavy atom. The van der Waals surface area contributed by atoms with Gasteiger partial charge < -0.3 is 14.0 Å². The third-order valence-electron chi connectivity index (χ3n) is 4.38. The molecule has 3 rings (SSSR count). The van der Waals surface area contributed by atoms with E-state index in [0.717, 1.165) is 23.9 Å². The van der Waals surface area contributed by atoms with E-state index in [-0.39, 0.29) is 11.0 Å². The number of thioether (sulfide) groups is 1. The Labute approximate surface area is 172 Å². The maximum absolute atomic E-state index is 12.9. The number of hydrogen-bond acceptors (Lipinski definition) is 7. The van der Waals surface area contributed by atoms with Crippen LogP contribution in [0.4, 0.5) is 0 Å². The van der Waals surface area contributed by atoms with Crippen molar-refractivity contribution in [2.45, 2.75) is 37.2 Å². The first-order valence-electron chi connectivity index (χ1n) is 8.88. The molecular weight excluding hydrogens is 394 g/mol. The van der Waals surface area contributed by atoms with Crippen molar-refractivity contribution in [1.82, 2.24) is 14.8 Å². The quantitative estimate of drug-likeness (QED) is 0.383. The molecule has 0 saturated heterocycles. The minimum atomic E-state index is -0.304. The summed E-state index contributed by atoms with van der Waals surface area (Å²) in [6.07, 6.45) is 0.919. The Hall–Kier alpha value is -2.32. The number of thiophene rings is 1. The Morgan fingerprint density at radius 3 is 2.68 bits per heavy atom. The molecule has 0 aliphatic heterocycles. The van der Waals surface area contributed by atoms with Gasteiger partial charge in [-0.1, -0.05) is 17.8 Å². The number of aromatic nitrogens is 3. The van der Waals surface area contributed by atoms with E-state index in [4.69, 9.17) is 9.47 Å². The zero-order valence-electron chi connectivity index (χ0n) is 16.3. The summed E-state index contributed by atoms with van der Waals surface area (Å²) < 4.78 is 12.6. The SMILES string of the molecule is COc1ccc(C(=O)C(C)Sc2nnc(C)n2CCc2cccs2)cc1OC. The Bertz CT molecular complexity index is 938. The van der Waals surface area contributed by atoms with Crippen molar-refractivity contribution in [3.05, 3.63) is 52.0 Å². The number of ether oxygens (including phenoxy) is 2. The number of benzene rings is 1. The lowest BCUT2D eigenvalue weighted by molar-refractivity contribution is 0.0993. The van der Waals surface area contributed by atoms with Gasteiger partial charge in [0, 0.05) is 17.0 Å². The van der Waals surface area contributed by atoms with E-state index >= 15 is 0 Å². The summed E-state index contributed by atoms with van der Waals surface area (Å²) in [5.41, 5.74) is 0.582. The van der Waals surface area contributed by atoms with Gasteiger partial charge in [0.25, 0.3) is 0 Å². The zero-order valence-corrected chi connectivity index (χ0v) is 18.0. The van der Waals surface area contributed by atoms with Crippen LogP contribution < -0.4 is 9.47 Å². The van der Waals surface area contributed by atoms with E-state index in [1.165, 1.54) is 16.6 Å². The molecular formula is C20H23N3O3S2. The second-order valence-electron chi connectivity index (χ2n) is 6.20. The van der Waals surface area contributed by atoms with Crippen LogP contribution in [0.3, 0.4) is 0 Å². The fourth-order valence-electron chi connectivity index (χ4n) is 2.82. The number of carbonyl (C=O) groups is 1. The molecule has 0 spiro atoms. The molecule has 2 aromatic heterocycles. The van der Waals surface area contributed by atoms with Crippen molar-refractivity contribution in [2.75, 3.05) is 14.2 Å². The highest BCUT2D eigenvalue weighted by Crippen LogP contribution is 2.30. The molecule has 0 radical (unpaired) electrons. The summed E-state index contributed by atoms with van der Waals surface area (Å²) in [4.78, 5) is 14.2. The molecule has 0 aliphatic rings. The number of aryl methyl sites for hydroxylation is 2. The van der Waals surface area contributed by atoms with E-state index in [1.807, 2.05) is 13.8 Å².